The average molecular weight is 635 g/mol. The molecule has 3 heterocycles. The molecule has 6 rings (SSSR count). The van der Waals surface area contributed by atoms with Gasteiger partial charge in [0.25, 0.3) is 5.91 Å². The SMILES string of the molecule is C=CC(=O)Nc1cc(Nc2cc(N3OCC[C@@H]3c3cccc(C(=O)Nc4ccccc4)c3)ncn2)c(OC)cc1N1CCN(C)CC1. The topological polar surface area (TPSA) is 124 Å². The summed E-state index contributed by atoms with van der Waals surface area (Å²) >= 11 is 0. The van der Waals surface area contributed by atoms with Gasteiger partial charge < -0.3 is 30.5 Å². The predicted molar refractivity (Wildman–Crippen MR) is 183 cm³/mol. The summed E-state index contributed by atoms with van der Waals surface area (Å²) in [5.41, 5.74) is 4.33. The van der Waals surface area contributed by atoms with Crippen molar-refractivity contribution in [2.24, 2.45) is 0 Å². The van der Waals surface area contributed by atoms with Crippen molar-refractivity contribution in [3.8, 4) is 5.75 Å². The Hall–Kier alpha value is -5.46. The van der Waals surface area contributed by atoms with Gasteiger partial charge in [-0.1, -0.05) is 36.9 Å². The molecule has 0 aliphatic carbocycles. The number of hydrogen-bond donors (Lipinski definition) is 3. The number of para-hydroxylation sites is 1. The van der Waals surface area contributed by atoms with Crippen molar-refractivity contribution in [1.82, 2.24) is 14.9 Å². The van der Waals surface area contributed by atoms with Gasteiger partial charge >= 0.3 is 0 Å². The van der Waals surface area contributed by atoms with Crippen molar-refractivity contribution in [1.29, 1.82) is 0 Å². The number of nitrogens with zero attached hydrogens (tertiary/aromatic N) is 5. The molecule has 3 N–H and O–H groups in total. The van der Waals surface area contributed by atoms with Gasteiger partial charge in [0, 0.05) is 56.0 Å². The highest BCUT2D eigenvalue weighted by molar-refractivity contribution is 6.04. The summed E-state index contributed by atoms with van der Waals surface area (Å²) in [5, 5.41) is 11.0. The number of carbonyl (C=O) groups is 2. The van der Waals surface area contributed by atoms with Crippen molar-refractivity contribution < 1.29 is 19.2 Å². The lowest BCUT2D eigenvalue weighted by atomic mass is 10.0. The summed E-state index contributed by atoms with van der Waals surface area (Å²) in [6.45, 7) is 7.55. The number of methoxy groups -OCH3 is 1. The Morgan fingerprint density at radius 2 is 1.77 bits per heavy atom. The van der Waals surface area contributed by atoms with Crippen LogP contribution in [-0.2, 0) is 9.63 Å². The Labute approximate surface area is 274 Å². The zero-order valence-corrected chi connectivity index (χ0v) is 26.5. The molecule has 0 bridgehead atoms. The minimum Gasteiger partial charge on any atom is -0.494 e. The molecule has 0 spiro atoms. The van der Waals surface area contributed by atoms with E-state index in [0.717, 1.165) is 43.1 Å². The number of carbonyl (C=O) groups excluding carboxylic acids is 2. The summed E-state index contributed by atoms with van der Waals surface area (Å²) in [6, 6.07) is 22.3. The molecule has 2 aliphatic rings. The lowest BCUT2D eigenvalue weighted by Crippen LogP contribution is -2.44. The van der Waals surface area contributed by atoms with Crippen LogP contribution >= 0.6 is 0 Å². The number of benzene rings is 3. The van der Waals surface area contributed by atoms with E-state index in [1.807, 2.05) is 60.7 Å². The molecule has 2 fully saturated rings. The second-order valence-electron chi connectivity index (χ2n) is 11.3. The first-order valence-corrected chi connectivity index (χ1v) is 15.5. The summed E-state index contributed by atoms with van der Waals surface area (Å²) in [6.07, 6.45) is 3.43. The predicted octanol–water partition coefficient (Wildman–Crippen LogP) is 5.24. The van der Waals surface area contributed by atoms with E-state index in [-0.39, 0.29) is 17.9 Å². The van der Waals surface area contributed by atoms with Gasteiger partial charge in [-0.2, -0.15) is 0 Å². The van der Waals surface area contributed by atoms with Crippen LogP contribution in [0, 0.1) is 0 Å². The monoisotopic (exact) mass is 634 g/mol. The number of likely N-dealkylation sites (N-methyl/N-ethyl adjacent to an activating group) is 1. The maximum atomic E-state index is 13.0. The summed E-state index contributed by atoms with van der Waals surface area (Å²) in [4.78, 5) is 44.9. The molecule has 3 aromatic carbocycles. The molecule has 47 heavy (non-hydrogen) atoms. The first kappa shape index (κ1) is 31.5. The standard InChI is InChI=1S/C35H38N8O4/c1-4-34(44)40-27-20-28(31(46-3)21-30(27)42-16-14-41(2)15-17-42)39-32-22-33(37-23-36-32)43-29(13-18-47-43)24-9-8-10-25(19-24)35(45)38-26-11-6-5-7-12-26/h4-12,19-23,29H,1,13-18H2,2-3H3,(H,38,45)(H,40,44)(H,36,37,39)/t29-/m1/s1. The molecule has 2 amide bonds. The number of amides is 2. The third-order valence-corrected chi connectivity index (χ3v) is 8.22. The van der Waals surface area contributed by atoms with Crippen LogP contribution < -0.4 is 30.7 Å². The van der Waals surface area contributed by atoms with E-state index in [1.165, 1.54) is 12.4 Å². The number of ether oxygens (including phenoxy) is 1. The van der Waals surface area contributed by atoms with Crippen LogP contribution in [0.1, 0.15) is 28.4 Å². The largest absolute Gasteiger partial charge is 0.494 e. The maximum absolute atomic E-state index is 13.0. The van der Waals surface area contributed by atoms with Crippen LogP contribution in [0.2, 0.25) is 0 Å². The molecule has 1 atom stereocenters. The average Bonchev–Trinajstić information content (AvgIpc) is 3.60. The van der Waals surface area contributed by atoms with Gasteiger partial charge in [0.2, 0.25) is 5.91 Å². The van der Waals surface area contributed by atoms with Gasteiger partial charge in [-0.05, 0) is 49.0 Å². The fourth-order valence-electron chi connectivity index (χ4n) is 5.71. The Morgan fingerprint density at radius 3 is 2.53 bits per heavy atom. The first-order chi connectivity index (χ1) is 22.9. The van der Waals surface area contributed by atoms with E-state index in [1.54, 1.807) is 24.3 Å². The molecule has 0 saturated carbocycles. The Balaban J connectivity index is 1.24. The summed E-state index contributed by atoms with van der Waals surface area (Å²) in [7, 11) is 3.71. The van der Waals surface area contributed by atoms with Crippen LogP contribution in [-0.4, -0.2) is 73.6 Å². The molecule has 4 aromatic rings. The van der Waals surface area contributed by atoms with E-state index >= 15 is 0 Å². The molecule has 2 saturated heterocycles. The minimum absolute atomic E-state index is 0.166. The zero-order valence-electron chi connectivity index (χ0n) is 26.5. The van der Waals surface area contributed by atoms with Gasteiger partial charge in [-0.15, -0.1) is 0 Å². The molecule has 12 nitrogen and oxygen atoms in total. The Kier molecular flexibility index (Phi) is 9.60. The van der Waals surface area contributed by atoms with Gasteiger partial charge in [0.1, 0.15) is 17.9 Å². The number of anilines is 6. The van der Waals surface area contributed by atoms with Crippen molar-refractivity contribution >= 4 is 46.2 Å². The first-order valence-electron chi connectivity index (χ1n) is 15.5. The van der Waals surface area contributed by atoms with Crippen LogP contribution in [0.15, 0.2) is 91.8 Å². The molecule has 0 radical (unpaired) electrons. The van der Waals surface area contributed by atoms with Gasteiger partial charge in [0.15, 0.2) is 5.82 Å². The Morgan fingerprint density at radius 1 is 0.957 bits per heavy atom. The van der Waals surface area contributed by atoms with Crippen LogP contribution in [0.3, 0.4) is 0 Å². The van der Waals surface area contributed by atoms with Crippen LogP contribution in [0.5, 0.6) is 5.75 Å². The fraction of sp³-hybridized carbons (Fsp3) is 0.257. The third-order valence-electron chi connectivity index (χ3n) is 8.22. The smallest absolute Gasteiger partial charge is 0.255 e. The molecule has 242 valence electrons. The highest BCUT2D eigenvalue weighted by Gasteiger charge is 2.30. The lowest BCUT2D eigenvalue weighted by molar-refractivity contribution is -0.111. The van der Waals surface area contributed by atoms with Gasteiger partial charge in [-0.3, -0.25) is 14.4 Å². The molecule has 12 heteroatoms. The van der Waals surface area contributed by atoms with Gasteiger partial charge in [0.05, 0.1) is 36.8 Å². The highest BCUT2D eigenvalue weighted by atomic mass is 16.7. The highest BCUT2D eigenvalue weighted by Crippen LogP contribution is 2.40. The number of aromatic nitrogens is 2. The van der Waals surface area contributed by atoms with E-state index in [0.29, 0.717) is 47.4 Å². The van der Waals surface area contributed by atoms with Crippen molar-refractivity contribution in [3.05, 3.63) is 103 Å². The number of nitrogens with one attached hydrogen (secondary N) is 3. The van der Waals surface area contributed by atoms with Gasteiger partial charge in [-0.25, -0.2) is 15.0 Å². The van der Waals surface area contributed by atoms with Crippen LogP contribution in [0.25, 0.3) is 0 Å². The van der Waals surface area contributed by atoms with Crippen LogP contribution in [0.4, 0.5) is 34.4 Å². The summed E-state index contributed by atoms with van der Waals surface area (Å²) in [5.74, 6) is 1.16. The molecule has 1 aromatic heterocycles. The van der Waals surface area contributed by atoms with Crippen molar-refractivity contribution in [2.45, 2.75) is 12.5 Å². The fourth-order valence-corrected chi connectivity index (χ4v) is 5.71. The lowest BCUT2D eigenvalue weighted by Gasteiger charge is -2.35. The minimum atomic E-state index is -0.306. The van der Waals surface area contributed by atoms with E-state index < -0.39 is 0 Å². The molecular weight excluding hydrogens is 596 g/mol. The normalized spacial score (nSPS) is 16.4. The molecule has 2 aliphatic heterocycles. The molecular formula is C35H38N8O4. The van der Waals surface area contributed by atoms with Crippen molar-refractivity contribution in [2.75, 3.05) is 72.9 Å². The summed E-state index contributed by atoms with van der Waals surface area (Å²) < 4.78 is 5.79. The van der Waals surface area contributed by atoms with E-state index in [9.17, 15) is 9.59 Å². The number of rotatable bonds is 10. The maximum Gasteiger partial charge on any atom is 0.255 e. The quantitative estimate of drug-likeness (QED) is 0.200. The second-order valence-corrected chi connectivity index (χ2v) is 11.3. The number of hydroxylamine groups is 1. The third kappa shape index (κ3) is 7.35. The Bertz CT molecular complexity index is 1740. The van der Waals surface area contributed by atoms with E-state index in [2.05, 4.69) is 49.3 Å². The number of piperazine rings is 1. The zero-order chi connectivity index (χ0) is 32.8. The number of hydrogen-bond acceptors (Lipinski definition) is 10. The van der Waals surface area contributed by atoms with Crippen molar-refractivity contribution in [3.63, 3.8) is 0 Å². The second kappa shape index (κ2) is 14.3. The molecule has 0 unspecified atom stereocenters. The van der Waals surface area contributed by atoms with E-state index in [4.69, 9.17) is 9.57 Å².